The smallest absolute Gasteiger partial charge is 0.340 e. The lowest BCUT2D eigenvalue weighted by atomic mass is 9.53. The number of rotatable bonds is 7. The van der Waals surface area contributed by atoms with Crippen LogP contribution in [0.15, 0.2) is 34.3 Å². The number of esters is 2. The third-order valence-electron chi connectivity index (χ3n) is 8.33. The Balaban J connectivity index is 1.98. The van der Waals surface area contributed by atoms with Gasteiger partial charge in [0, 0.05) is 55.6 Å². The molecule has 4 rings (SSSR count). The summed E-state index contributed by atoms with van der Waals surface area (Å²) < 4.78 is 16.7. The van der Waals surface area contributed by atoms with Gasteiger partial charge < -0.3 is 34.8 Å². The normalized spacial score (nSPS) is 34.4. The van der Waals surface area contributed by atoms with Gasteiger partial charge in [0.1, 0.15) is 24.0 Å². The monoisotopic (exact) mass is 533 g/mol. The number of carbonyl (C=O) groups excluding carboxylic acids is 4. The molecule has 206 valence electrons. The molecule has 12 heteroatoms. The number of aliphatic carboxylic acids is 1. The van der Waals surface area contributed by atoms with Crippen LogP contribution in [0.5, 0.6) is 0 Å². The predicted molar refractivity (Wildman–Crippen MR) is 127 cm³/mol. The van der Waals surface area contributed by atoms with Crippen molar-refractivity contribution in [2.24, 2.45) is 16.7 Å². The van der Waals surface area contributed by atoms with E-state index in [-0.39, 0.29) is 42.0 Å². The molecule has 0 radical (unpaired) electrons. The molecule has 1 saturated heterocycles. The average molecular weight is 534 g/mol. The number of Topliss-reactive ketones (excluding diaryl/α,β-unsaturated/α-hetero) is 2. The minimum Gasteiger partial charge on any atom is -0.504 e. The zero-order valence-corrected chi connectivity index (χ0v) is 21.5. The van der Waals surface area contributed by atoms with Crippen molar-refractivity contribution in [1.82, 2.24) is 5.32 Å². The largest absolute Gasteiger partial charge is 0.504 e. The molecule has 1 aliphatic heterocycles. The van der Waals surface area contributed by atoms with Crippen molar-refractivity contribution in [3.05, 3.63) is 34.3 Å². The zero-order valence-electron chi connectivity index (χ0n) is 21.5. The van der Waals surface area contributed by atoms with E-state index >= 15 is 0 Å². The molecule has 0 spiro atoms. The Morgan fingerprint density at radius 2 is 1.95 bits per heavy atom. The number of nitrogens with one attached hydrogen (secondary N) is 1. The predicted octanol–water partition coefficient (Wildman–Crippen LogP) is 0.496. The summed E-state index contributed by atoms with van der Waals surface area (Å²) >= 11 is 0. The molecule has 12 nitrogen and oxygen atoms in total. The van der Waals surface area contributed by atoms with Gasteiger partial charge in [-0.2, -0.15) is 0 Å². The maximum absolute atomic E-state index is 13.8. The van der Waals surface area contributed by atoms with E-state index in [1.807, 2.05) is 0 Å². The molecule has 0 amide bonds. The molecule has 1 saturated carbocycles. The molecule has 4 aliphatic rings. The highest BCUT2D eigenvalue weighted by Crippen LogP contribution is 2.62. The topological polar surface area (TPSA) is 186 Å². The van der Waals surface area contributed by atoms with E-state index in [0.29, 0.717) is 12.0 Å². The molecular weight excluding hydrogens is 502 g/mol. The van der Waals surface area contributed by atoms with Crippen molar-refractivity contribution >= 4 is 29.5 Å². The van der Waals surface area contributed by atoms with Gasteiger partial charge in [-0.3, -0.25) is 14.4 Å². The molecule has 0 aromatic heterocycles. The van der Waals surface area contributed by atoms with Crippen LogP contribution in [0.25, 0.3) is 0 Å². The van der Waals surface area contributed by atoms with Crippen LogP contribution in [0, 0.1) is 16.7 Å². The number of aliphatic hydroxyl groups excluding tert-OH is 2. The van der Waals surface area contributed by atoms with Crippen molar-refractivity contribution in [2.45, 2.75) is 58.3 Å². The minimum absolute atomic E-state index is 0.0737. The number of carbonyl (C=O) groups is 5. The quantitative estimate of drug-likeness (QED) is 0.263. The molecule has 6 atom stereocenters. The Kier molecular flexibility index (Phi) is 7.00. The highest BCUT2D eigenvalue weighted by molar-refractivity contribution is 6.14. The molecule has 0 bridgehead atoms. The van der Waals surface area contributed by atoms with E-state index in [9.17, 15) is 39.3 Å². The van der Waals surface area contributed by atoms with Gasteiger partial charge in [-0.1, -0.05) is 6.92 Å². The van der Waals surface area contributed by atoms with E-state index in [1.165, 1.54) is 14.0 Å². The van der Waals surface area contributed by atoms with Crippen LogP contribution in [0.4, 0.5) is 0 Å². The van der Waals surface area contributed by atoms with Gasteiger partial charge in [-0.15, -0.1) is 0 Å². The van der Waals surface area contributed by atoms with Gasteiger partial charge in [0.2, 0.25) is 5.78 Å². The summed E-state index contributed by atoms with van der Waals surface area (Å²) in [6.07, 6.45) is -0.452. The first-order chi connectivity index (χ1) is 17.8. The number of hydrogen-bond donors (Lipinski definition) is 4. The molecule has 0 aromatic rings. The fourth-order valence-corrected chi connectivity index (χ4v) is 6.48. The summed E-state index contributed by atoms with van der Waals surface area (Å²) in [5.74, 6) is -5.19. The summed E-state index contributed by atoms with van der Waals surface area (Å²) in [6, 6.07) is -1.48. The number of methoxy groups -OCH3 is 1. The fourth-order valence-electron chi connectivity index (χ4n) is 6.48. The second kappa shape index (κ2) is 9.66. The van der Waals surface area contributed by atoms with Crippen LogP contribution < -0.4 is 5.32 Å². The molecule has 3 aliphatic carbocycles. The molecule has 1 heterocycles. The van der Waals surface area contributed by atoms with Crippen molar-refractivity contribution in [2.75, 3.05) is 20.3 Å². The van der Waals surface area contributed by atoms with E-state index < -0.39 is 71.1 Å². The Labute approximate surface area is 218 Å². The highest BCUT2D eigenvalue weighted by Gasteiger charge is 2.64. The summed E-state index contributed by atoms with van der Waals surface area (Å²) in [5.41, 5.74) is -2.44. The van der Waals surface area contributed by atoms with Crippen LogP contribution in [0.1, 0.15) is 40.0 Å². The first kappa shape index (κ1) is 27.5. The lowest BCUT2D eigenvalue weighted by molar-refractivity contribution is -0.160. The van der Waals surface area contributed by atoms with Gasteiger partial charge in [0.15, 0.2) is 5.76 Å². The van der Waals surface area contributed by atoms with Gasteiger partial charge in [0.25, 0.3) is 0 Å². The van der Waals surface area contributed by atoms with Gasteiger partial charge in [-0.05, 0) is 18.9 Å². The molecular formula is C26H31NO11. The number of hydrogen-bond acceptors (Lipinski definition) is 11. The Morgan fingerprint density at radius 1 is 1.26 bits per heavy atom. The Hall–Kier alpha value is -3.51. The van der Waals surface area contributed by atoms with Crippen LogP contribution in [-0.2, 0) is 38.2 Å². The first-order valence-electron chi connectivity index (χ1n) is 12.3. The van der Waals surface area contributed by atoms with Crippen LogP contribution in [-0.4, -0.2) is 83.4 Å². The minimum atomic E-state index is -1.48. The number of aliphatic hydroxyl groups is 2. The van der Waals surface area contributed by atoms with Crippen LogP contribution in [0.2, 0.25) is 0 Å². The van der Waals surface area contributed by atoms with E-state index in [2.05, 4.69) is 5.32 Å². The second-order valence-corrected chi connectivity index (χ2v) is 10.5. The highest BCUT2D eigenvalue weighted by atomic mass is 16.6. The SMILES string of the molecule is COC[C@H]1OC(=O)/C(=C\N[C@@H](CO)C(=O)O)C2=C(O)C(=O)C3=C([C@H](OC(C)=O)C[C@]4(C)C(=O)CC[C@@H]34)[C@]21C. The first-order valence-corrected chi connectivity index (χ1v) is 12.3. The summed E-state index contributed by atoms with van der Waals surface area (Å²) in [6.45, 7) is 3.60. The number of ketones is 2. The van der Waals surface area contributed by atoms with Crippen molar-refractivity contribution in [3.8, 4) is 0 Å². The average Bonchev–Trinajstić information content (AvgIpc) is 3.13. The lowest BCUT2D eigenvalue weighted by Crippen LogP contribution is -2.57. The van der Waals surface area contributed by atoms with Crippen molar-refractivity contribution in [3.63, 3.8) is 0 Å². The summed E-state index contributed by atoms with van der Waals surface area (Å²) in [5, 5.41) is 32.4. The number of fused-ring (bicyclic) bond motifs is 4. The Morgan fingerprint density at radius 3 is 2.53 bits per heavy atom. The number of carboxylic acids is 1. The molecule has 2 fully saturated rings. The van der Waals surface area contributed by atoms with Gasteiger partial charge >= 0.3 is 17.9 Å². The fraction of sp³-hybridized carbons (Fsp3) is 0.577. The third kappa shape index (κ3) is 3.93. The number of cyclic esters (lactones) is 1. The van der Waals surface area contributed by atoms with Crippen molar-refractivity contribution < 1.29 is 53.5 Å². The van der Waals surface area contributed by atoms with E-state index in [0.717, 1.165) is 6.20 Å². The number of carboxylic acid groups (broad SMARTS) is 1. The van der Waals surface area contributed by atoms with Crippen LogP contribution in [0.3, 0.4) is 0 Å². The maximum atomic E-state index is 13.8. The Bertz CT molecular complexity index is 1210. The van der Waals surface area contributed by atoms with Crippen LogP contribution >= 0.6 is 0 Å². The van der Waals surface area contributed by atoms with Gasteiger partial charge in [-0.25, -0.2) is 9.59 Å². The lowest BCUT2D eigenvalue weighted by Gasteiger charge is -2.53. The molecule has 0 unspecified atom stereocenters. The van der Waals surface area contributed by atoms with Crippen molar-refractivity contribution in [1.29, 1.82) is 0 Å². The van der Waals surface area contributed by atoms with E-state index in [1.54, 1.807) is 13.8 Å². The third-order valence-corrected chi connectivity index (χ3v) is 8.33. The molecule has 0 aromatic carbocycles. The molecule has 4 N–H and O–H groups in total. The summed E-state index contributed by atoms with van der Waals surface area (Å²) in [4.78, 5) is 63.5. The second-order valence-electron chi connectivity index (χ2n) is 10.5. The zero-order chi connectivity index (χ0) is 28.2. The number of allylic oxidation sites excluding steroid dienone is 1. The number of ether oxygens (including phenoxy) is 3. The maximum Gasteiger partial charge on any atom is 0.340 e. The standard InChI is InChI=1S/C26H31NO11/c1-11(29)37-15-7-25(2)13(5-6-16(25)30)18-20(15)26(3)17(10-36-4)38-24(35)12(19(26)22(32)21(18)31)8-27-14(9-28)23(33)34/h8,13-15,17,27-28,32H,5-7,9-10H2,1-4H3,(H,33,34)/b12-8-/t13-,14-,15+,17+,25-,26-/m0/s1. The van der Waals surface area contributed by atoms with Gasteiger partial charge in [0.05, 0.1) is 24.2 Å². The summed E-state index contributed by atoms with van der Waals surface area (Å²) in [7, 11) is 1.38. The van der Waals surface area contributed by atoms with E-state index in [4.69, 9.17) is 14.2 Å². The molecule has 38 heavy (non-hydrogen) atoms.